The Hall–Kier alpha value is -3.01. The van der Waals surface area contributed by atoms with Crippen LogP contribution in [0.25, 0.3) is 11.1 Å². The van der Waals surface area contributed by atoms with Crippen LogP contribution in [0.15, 0.2) is 53.4 Å². The number of anilines is 1. The number of phenolic OH excluding ortho intramolecular Hbond substituents is 1. The minimum Gasteiger partial charge on any atom is -0.505 e. The Bertz CT molecular complexity index is 1230. The Morgan fingerprint density at radius 3 is 2.83 bits per heavy atom. The fraction of sp³-hybridized carbons (Fsp3) is 0.240. The summed E-state index contributed by atoms with van der Waals surface area (Å²) in [6.07, 6.45) is 0.455. The minimum atomic E-state index is -0.792. The highest BCUT2D eigenvalue weighted by Crippen LogP contribution is 2.39. The van der Waals surface area contributed by atoms with Gasteiger partial charge in [-0.25, -0.2) is 8.78 Å². The average Bonchev–Trinajstić information content (AvgIpc) is 2.85. The Kier molecular flexibility index (Phi) is 8.00. The summed E-state index contributed by atoms with van der Waals surface area (Å²) in [5.41, 5.74) is 1.41. The number of carbonyl (C=O) groups excluding carboxylic acids is 1. The van der Waals surface area contributed by atoms with Gasteiger partial charge in [0, 0.05) is 23.7 Å². The second kappa shape index (κ2) is 11.2. The number of morpholine rings is 1. The monoisotopic (exact) mass is 520 g/mol. The molecular weight excluding hydrogens is 498 g/mol. The number of phenols is 1. The van der Waals surface area contributed by atoms with Crippen LogP contribution in [0.2, 0.25) is 5.02 Å². The molecule has 4 rings (SSSR count). The molecule has 35 heavy (non-hydrogen) atoms. The fourth-order valence-corrected chi connectivity index (χ4v) is 4.82. The lowest BCUT2D eigenvalue weighted by atomic mass is 10.0. The first kappa shape index (κ1) is 25.1. The number of rotatable bonds is 8. The van der Waals surface area contributed by atoms with Crippen molar-refractivity contribution in [3.8, 4) is 22.6 Å². The van der Waals surface area contributed by atoms with Gasteiger partial charge in [-0.05, 0) is 48.7 Å². The van der Waals surface area contributed by atoms with Gasteiger partial charge in [0.15, 0.2) is 0 Å². The summed E-state index contributed by atoms with van der Waals surface area (Å²) in [6.45, 7) is 3.32. The number of para-hydroxylation sites is 1. The predicted octanol–water partition coefficient (Wildman–Crippen LogP) is 5.65. The van der Waals surface area contributed by atoms with Crippen molar-refractivity contribution in [2.75, 3.05) is 31.0 Å². The lowest BCUT2D eigenvalue weighted by Crippen LogP contribution is -2.44. The van der Waals surface area contributed by atoms with E-state index in [1.165, 1.54) is 6.07 Å². The maximum absolute atomic E-state index is 14.9. The lowest BCUT2D eigenvalue weighted by Gasteiger charge is -2.30. The quantitative estimate of drug-likeness (QED) is 0.295. The van der Waals surface area contributed by atoms with E-state index in [1.54, 1.807) is 41.3 Å². The summed E-state index contributed by atoms with van der Waals surface area (Å²) in [7, 11) is 0. The average molecular weight is 521 g/mol. The Morgan fingerprint density at radius 1 is 1.23 bits per heavy atom. The van der Waals surface area contributed by atoms with Crippen LogP contribution in [0.4, 0.5) is 14.5 Å². The maximum atomic E-state index is 14.9. The van der Waals surface area contributed by atoms with Crippen LogP contribution in [-0.4, -0.2) is 48.8 Å². The van der Waals surface area contributed by atoms with Gasteiger partial charge >= 0.3 is 0 Å². The van der Waals surface area contributed by atoms with Gasteiger partial charge in [0.1, 0.15) is 35.8 Å². The zero-order valence-electron chi connectivity index (χ0n) is 18.8. The highest BCUT2D eigenvalue weighted by Gasteiger charge is 2.21. The molecule has 6 nitrogen and oxygen atoms in total. The van der Waals surface area contributed by atoms with Gasteiger partial charge in [-0.1, -0.05) is 29.8 Å². The van der Waals surface area contributed by atoms with Crippen molar-refractivity contribution in [1.29, 1.82) is 0 Å². The Labute approximate surface area is 210 Å². The van der Waals surface area contributed by atoms with Crippen LogP contribution in [-0.2, 0) is 9.53 Å². The van der Waals surface area contributed by atoms with Crippen molar-refractivity contribution in [2.24, 2.45) is 0 Å². The van der Waals surface area contributed by atoms with E-state index in [0.29, 0.717) is 35.9 Å². The molecule has 3 aromatic carbocycles. The van der Waals surface area contributed by atoms with E-state index < -0.39 is 11.6 Å². The zero-order chi connectivity index (χ0) is 24.9. The van der Waals surface area contributed by atoms with Crippen LogP contribution in [0.1, 0.15) is 5.56 Å². The highest BCUT2D eigenvalue weighted by atomic mass is 35.5. The molecule has 0 bridgehead atoms. The Balaban J connectivity index is 1.55. The number of hydrogen-bond acceptors (Lipinski definition) is 6. The lowest BCUT2D eigenvalue weighted by molar-refractivity contribution is -0.126. The summed E-state index contributed by atoms with van der Waals surface area (Å²) in [5.74, 6) is -1.28. The number of aromatic hydroxyl groups is 1. The standard InChI is InChI=1S/C25H23ClF2N2O4S/c1-15-8-19(26)25(32)24(9-15)35-29-22-10-18(20(27)11-21(22)28)17-4-2-3-5-23(17)34-13-16-12-30(14-31)6-7-33-16/h2-5,8-11,14,16,29,32H,6-7,12-13H2,1H3. The molecule has 1 atom stereocenters. The largest absolute Gasteiger partial charge is 0.505 e. The summed E-state index contributed by atoms with van der Waals surface area (Å²) >= 11 is 6.98. The van der Waals surface area contributed by atoms with Crippen LogP contribution < -0.4 is 9.46 Å². The topological polar surface area (TPSA) is 71.0 Å². The summed E-state index contributed by atoms with van der Waals surface area (Å²) in [6, 6.07) is 12.3. The second-order valence-corrected chi connectivity index (χ2v) is 9.27. The Morgan fingerprint density at radius 2 is 2.03 bits per heavy atom. The van der Waals surface area contributed by atoms with Crippen molar-refractivity contribution in [3.63, 3.8) is 0 Å². The smallest absolute Gasteiger partial charge is 0.209 e. The molecule has 1 saturated heterocycles. The molecule has 1 heterocycles. The third-order valence-corrected chi connectivity index (χ3v) is 6.56. The van der Waals surface area contributed by atoms with Gasteiger partial charge in [-0.2, -0.15) is 0 Å². The predicted molar refractivity (Wildman–Crippen MR) is 132 cm³/mol. The van der Waals surface area contributed by atoms with E-state index in [9.17, 15) is 18.7 Å². The van der Waals surface area contributed by atoms with Gasteiger partial charge in [0.2, 0.25) is 6.41 Å². The molecule has 1 aliphatic heterocycles. The first-order chi connectivity index (χ1) is 16.9. The minimum absolute atomic E-state index is 0.0236. The maximum Gasteiger partial charge on any atom is 0.209 e. The van der Waals surface area contributed by atoms with Gasteiger partial charge in [0.25, 0.3) is 0 Å². The number of nitrogens with one attached hydrogen (secondary N) is 1. The van der Waals surface area contributed by atoms with E-state index in [2.05, 4.69) is 4.72 Å². The van der Waals surface area contributed by atoms with Gasteiger partial charge in [-0.3, -0.25) is 4.79 Å². The fourth-order valence-electron chi connectivity index (χ4n) is 3.66. The van der Waals surface area contributed by atoms with E-state index >= 15 is 0 Å². The van der Waals surface area contributed by atoms with E-state index in [1.807, 2.05) is 6.92 Å². The third-order valence-electron chi connectivity index (χ3n) is 5.42. The van der Waals surface area contributed by atoms with Crippen LogP contribution in [0.3, 0.4) is 0 Å². The van der Waals surface area contributed by atoms with Crippen molar-refractivity contribution in [1.82, 2.24) is 4.90 Å². The summed E-state index contributed by atoms with van der Waals surface area (Å²) in [5, 5.41) is 10.4. The third kappa shape index (κ3) is 5.98. The summed E-state index contributed by atoms with van der Waals surface area (Å²) < 4.78 is 43.8. The molecule has 0 spiro atoms. The molecule has 0 aromatic heterocycles. The molecule has 1 amide bonds. The molecule has 0 radical (unpaired) electrons. The molecule has 10 heteroatoms. The van der Waals surface area contributed by atoms with Crippen LogP contribution in [0, 0.1) is 18.6 Å². The second-order valence-electron chi connectivity index (χ2n) is 8.01. The van der Waals surface area contributed by atoms with Gasteiger partial charge < -0.3 is 24.2 Å². The van der Waals surface area contributed by atoms with Crippen molar-refractivity contribution < 1.29 is 28.2 Å². The molecule has 2 N–H and O–H groups in total. The van der Waals surface area contributed by atoms with E-state index in [-0.39, 0.29) is 34.7 Å². The number of aryl methyl sites for hydroxylation is 1. The van der Waals surface area contributed by atoms with Gasteiger partial charge in [0.05, 0.1) is 28.8 Å². The molecule has 1 fully saturated rings. The molecule has 0 aliphatic carbocycles. The van der Waals surface area contributed by atoms with Crippen LogP contribution in [0.5, 0.6) is 11.5 Å². The number of halogens is 3. The number of hydrogen-bond donors (Lipinski definition) is 2. The number of carbonyl (C=O) groups is 1. The number of benzene rings is 3. The van der Waals surface area contributed by atoms with Crippen molar-refractivity contribution >= 4 is 35.6 Å². The molecule has 184 valence electrons. The molecule has 1 aliphatic rings. The summed E-state index contributed by atoms with van der Waals surface area (Å²) in [4.78, 5) is 13.1. The van der Waals surface area contributed by atoms with Crippen molar-refractivity contribution in [2.45, 2.75) is 17.9 Å². The molecule has 1 unspecified atom stereocenters. The zero-order valence-corrected chi connectivity index (χ0v) is 20.3. The molecular formula is C25H23ClF2N2O4S. The molecule has 0 saturated carbocycles. The SMILES string of the molecule is Cc1cc(Cl)c(O)c(SNc2cc(-c3ccccc3OCC3CN(C=O)CCO3)c(F)cc2F)c1. The first-order valence-corrected chi connectivity index (χ1v) is 12.0. The number of ether oxygens (including phenoxy) is 2. The van der Waals surface area contributed by atoms with Crippen LogP contribution >= 0.6 is 23.5 Å². The van der Waals surface area contributed by atoms with Gasteiger partial charge in [-0.15, -0.1) is 0 Å². The molecule has 3 aromatic rings. The van der Waals surface area contributed by atoms with E-state index in [0.717, 1.165) is 30.0 Å². The number of amides is 1. The highest BCUT2D eigenvalue weighted by molar-refractivity contribution is 8.00. The normalized spacial score (nSPS) is 15.7. The van der Waals surface area contributed by atoms with E-state index in [4.69, 9.17) is 21.1 Å². The van der Waals surface area contributed by atoms with Crippen molar-refractivity contribution in [3.05, 3.63) is 70.8 Å². The first-order valence-electron chi connectivity index (χ1n) is 10.8. The number of nitrogens with zero attached hydrogens (tertiary/aromatic N) is 1.